The second kappa shape index (κ2) is 15.3. The fourth-order valence-electron chi connectivity index (χ4n) is 5.78. The van der Waals surface area contributed by atoms with Gasteiger partial charge >= 0.3 is 62.3 Å². The van der Waals surface area contributed by atoms with E-state index in [-0.39, 0.29) is 63.2 Å². The first kappa shape index (κ1) is 38.8. The van der Waals surface area contributed by atoms with Gasteiger partial charge in [0.25, 0.3) is 5.52 Å². The third kappa shape index (κ3) is 7.85. The van der Waals surface area contributed by atoms with Crippen LogP contribution in [0.5, 0.6) is 5.75 Å². The summed E-state index contributed by atoms with van der Waals surface area (Å²) in [6.45, 7) is 5.26. The molecule has 4 aromatic carbocycles. The van der Waals surface area contributed by atoms with Crippen molar-refractivity contribution in [1.29, 1.82) is 0 Å². The van der Waals surface area contributed by atoms with Crippen molar-refractivity contribution >= 4 is 95.2 Å². The Hall–Kier alpha value is -2.41. The Morgan fingerprint density at radius 2 is 1.40 bits per heavy atom. The van der Waals surface area contributed by atoms with Gasteiger partial charge < -0.3 is 18.3 Å². The van der Waals surface area contributed by atoms with Crippen LogP contribution in [0.25, 0.3) is 22.2 Å². The molecule has 0 amide bonds. The molecule has 1 aromatic heterocycles. The largest absolute Gasteiger partial charge is 1.00 e. The molecule has 5 aromatic rings. The van der Waals surface area contributed by atoms with Gasteiger partial charge in [-0.2, -0.15) is 0 Å². The maximum absolute atomic E-state index is 12.6. The van der Waals surface area contributed by atoms with E-state index in [0.717, 1.165) is 43.7 Å². The molecule has 3 aliphatic heterocycles. The number of fused-ring (bicyclic) bond motifs is 6. The fraction of sp³-hybridized carbons (Fsp3) is 0.0833. The zero-order valence-corrected chi connectivity index (χ0v) is 35.8. The number of benzene rings is 4. The molecular formula is C36H23KN2O8S6. The molecule has 0 fully saturated rings. The van der Waals surface area contributed by atoms with E-state index in [1.54, 1.807) is 47.8 Å². The second-order valence-corrected chi connectivity index (χ2v) is 18.4. The van der Waals surface area contributed by atoms with Gasteiger partial charge in [0.15, 0.2) is 15.9 Å². The molecule has 0 spiro atoms. The minimum Gasteiger partial charge on any atom is -0.747 e. The van der Waals surface area contributed by atoms with Crippen LogP contribution in [0, 0.1) is 0 Å². The van der Waals surface area contributed by atoms with Crippen molar-refractivity contribution in [2.45, 2.75) is 52.5 Å². The molecule has 0 bridgehead atoms. The first-order valence-corrected chi connectivity index (χ1v) is 21.7. The summed E-state index contributed by atoms with van der Waals surface area (Å²) in [5, 5.41) is -0.769. The van der Waals surface area contributed by atoms with Crippen LogP contribution in [0.2, 0.25) is 0 Å². The van der Waals surface area contributed by atoms with Crippen molar-refractivity contribution in [1.82, 2.24) is 0 Å². The predicted octanol–water partition coefficient (Wildman–Crippen LogP) is 5.28. The van der Waals surface area contributed by atoms with E-state index in [9.17, 15) is 25.9 Å². The standard InChI is InChI=1S/C36H24N2O8S6.K/c1-3-9-36(52(42,43)44)38-23-17-31-33(50-29-13-8-6-11-27(29)48-31)19-25(23)46-35(38)15-21(4-2)14-34-37(20-51(39,40)41)22-16-30-32(18-24(22)45-34)49-28-12-7-5-10-26(28)47-30;/h5-8,10-19H,1,4,20H2,2H3,(H-,39,40,41,42,43,44);/q;+1/p-1. The third-order valence-corrected chi connectivity index (χ3v) is 14.4. The summed E-state index contributed by atoms with van der Waals surface area (Å²) in [6, 6.07) is 23.0. The van der Waals surface area contributed by atoms with Crippen LogP contribution < -0.4 is 65.6 Å². The maximum atomic E-state index is 12.6. The van der Waals surface area contributed by atoms with Gasteiger partial charge in [0.1, 0.15) is 16.0 Å². The topological polar surface area (TPSA) is 144 Å². The maximum Gasteiger partial charge on any atom is 1.00 e. The summed E-state index contributed by atoms with van der Waals surface area (Å²) in [5.41, 5.74) is 6.15. The number of ether oxygens (including phenoxy) is 1. The second-order valence-electron chi connectivity index (χ2n) is 11.4. The summed E-state index contributed by atoms with van der Waals surface area (Å²) < 4.78 is 88.0. The Bertz CT molecular complexity index is 2750. The van der Waals surface area contributed by atoms with E-state index >= 15 is 0 Å². The molecule has 262 valence electrons. The van der Waals surface area contributed by atoms with Crippen LogP contribution in [0.3, 0.4) is 0 Å². The zero-order chi connectivity index (χ0) is 36.4. The van der Waals surface area contributed by atoms with E-state index in [2.05, 4.69) is 18.0 Å². The monoisotopic (exact) mass is 842 g/mol. The number of hydrogen-bond acceptors (Lipinski definition) is 13. The zero-order valence-electron chi connectivity index (χ0n) is 27.8. The van der Waals surface area contributed by atoms with Crippen LogP contribution in [-0.2, 0) is 20.2 Å². The molecule has 10 nitrogen and oxygen atoms in total. The number of hydrogen-bond donors (Lipinski definition) is 0. The Labute approximate surface area is 365 Å². The molecule has 0 aliphatic carbocycles. The van der Waals surface area contributed by atoms with E-state index in [1.165, 1.54) is 34.5 Å². The molecule has 4 heterocycles. The molecule has 53 heavy (non-hydrogen) atoms. The number of nitrogens with zero attached hydrogens (tertiary/aromatic N) is 2. The SMILES string of the molecule is C=C=C=C([n+]1c(C=C(C=C2Oc3cc4c(cc3N2CS(=O)(=O)[O-])Sc2ccccc2S4)CC)oc2cc3c(cc21)Sc1ccccc1S3)S(=O)(=O)[O-].[K+]. The van der Waals surface area contributed by atoms with Crippen LogP contribution >= 0.6 is 47.0 Å². The quantitative estimate of drug-likeness (QED) is 0.0890. The number of allylic oxidation sites excluding steroid dienone is 2. The average molecular weight is 843 g/mol. The molecule has 3 aliphatic rings. The molecule has 0 saturated heterocycles. The number of oxazole rings is 1. The number of aromatic nitrogens is 1. The van der Waals surface area contributed by atoms with Crippen LogP contribution in [-0.4, -0.2) is 31.8 Å². The van der Waals surface area contributed by atoms with Crippen LogP contribution in [0.15, 0.2) is 152 Å². The van der Waals surface area contributed by atoms with Gasteiger partial charge in [-0.05, 0) is 55.0 Å². The number of rotatable bonds is 7. The first-order valence-electron chi connectivity index (χ1n) is 15.4. The summed E-state index contributed by atoms with van der Waals surface area (Å²) in [7, 11) is -9.90. The third-order valence-electron chi connectivity index (χ3n) is 8.02. The van der Waals surface area contributed by atoms with Gasteiger partial charge in [-0.25, -0.2) is 16.8 Å². The Kier molecular flexibility index (Phi) is 11.2. The van der Waals surface area contributed by atoms with Crippen molar-refractivity contribution < 1.29 is 91.0 Å². The van der Waals surface area contributed by atoms with Crippen LogP contribution in [0.4, 0.5) is 5.69 Å². The normalized spacial score (nSPS) is 15.3. The van der Waals surface area contributed by atoms with E-state index in [0.29, 0.717) is 34.5 Å². The Balaban J connectivity index is 0.00000435. The predicted molar refractivity (Wildman–Crippen MR) is 198 cm³/mol. The Morgan fingerprint density at radius 1 is 0.849 bits per heavy atom. The van der Waals surface area contributed by atoms with Crippen molar-refractivity contribution in [3.63, 3.8) is 0 Å². The molecule has 8 rings (SSSR count). The van der Waals surface area contributed by atoms with Crippen LogP contribution in [0.1, 0.15) is 19.2 Å². The van der Waals surface area contributed by atoms with Gasteiger partial charge in [0.2, 0.25) is 11.5 Å². The van der Waals surface area contributed by atoms with Gasteiger partial charge in [-0.15, -0.1) is 4.57 Å². The average Bonchev–Trinajstić information content (AvgIpc) is 3.60. The van der Waals surface area contributed by atoms with E-state index in [4.69, 9.17) is 9.15 Å². The van der Waals surface area contributed by atoms with Gasteiger partial charge in [0.05, 0.1) is 11.8 Å². The molecule has 0 saturated carbocycles. The van der Waals surface area contributed by atoms with Gasteiger partial charge in [-0.3, -0.25) is 4.90 Å². The summed E-state index contributed by atoms with van der Waals surface area (Å²) in [6.07, 6.45) is 3.41. The molecule has 0 atom stereocenters. The molecule has 0 N–H and O–H groups in total. The smallest absolute Gasteiger partial charge is 0.747 e. The van der Waals surface area contributed by atoms with E-state index < -0.39 is 31.1 Å². The minimum absolute atomic E-state index is 0. The fourth-order valence-corrected chi connectivity index (χ4v) is 11.5. The Morgan fingerprint density at radius 3 is 1.92 bits per heavy atom. The molecule has 0 unspecified atom stereocenters. The molecule has 0 radical (unpaired) electrons. The summed E-state index contributed by atoms with van der Waals surface area (Å²) in [5.74, 6) is -0.486. The number of anilines is 1. The van der Waals surface area contributed by atoms with Crippen molar-refractivity contribution in [2.24, 2.45) is 0 Å². The molecular weight excluding hydrogens is 820 g/mol. The van der Waals surface area contributed by atoms with E-state index in [1.807, 2.05) is 61.5 Å². The van der Waals surface area contributed by atoms with Crippen molar-refractivity contribution in [2.75, 3.05) is 10.8 Å². The summed E-state index contributed by atoms with van der Waals surface area (Å²) >= 11 is 6.14. The van der Waals surface area contributed by atoms with Crippen molar-refractivity contribution in [3.8, 4) is 5.75 Å². The molecule has 17 heteroatoms. The van der Waals surface area contributed by atoms with Gasteiger partial charge in [0, 0.05) is 63.1 Å². The summed E-state index contributed by atoms with van der Waals surface area (Å²) in [4.78, 5) is 9.02. The van der Waals surface area contributed by atoms with Crippen molar-refractivity contribution in [3.05, 3.63) is 114 Å². The minimum atomic E-state index is -5.13. The van der Waals surface area contributed by atoms with Gasteiger partial charge in [-0.1, -0.05) is 84.0 Å². The first-order chi connectivity index (χ1) is 24.9.